The van der Waals surface area contributed by atoms with Crippen LogP contribution in [0.4, 0.5) is 0 Å². The average Bonchev–Trinajstić information content (AvgIpc) is 2.46. The van der Waals surface area contributed by atoms with E-state index in [1.165, 1.54) is 33.4 Å². The van der Waals surface area contributed by atoms with Crippen LogP contribution >= 0.6 is 0 Å². The second-order valence-corrected chi connectivity index (χ2v) is 5.78. The van der Waals surface area contributed by atoms with E-state index in [1.807, 2.05) is 13.0 Å². The fourth-order valence-electron chi connectivity index (χ4n) is 2.42. The van der Waals surface area contributed by atoms with Crippen molar-refractivity contribution in [1.29, 1.82) is 0 Å². The van der Waals surface area contributed by atoms with Gasteiger partial charge in [-0.3, -0.25) is 0 Å². The molecule has 22 heavy (non-hydrogen) atoms. The highest BCUT2D eigenvalue weighted by atomic mass is 14.0. The SMILES string of the molecule is C/C=C/c1ccc(C)cc1C.C=CCc1ccc(C)cc1C. The Bertz CT molecular complexity index is 645. The van der Waals surface area contributed by atoms with Gasteiger partial charge in [0.05, 0.1) is 0 Å². The first kappa shape index (κ1) is 18.0. The monoisotopic (exact) mass is 292 g/mol. The lowest BCUT2D eigenvalue weighted by atomic mass is 10.0. The summed E-state index contributed by atoms with van der Waals surface area (Å²) in [5.74, 6) is 0. The summed E-state index contributed by atoms with van der Waals surface area (Å²) in [4.78, 5) is 0. The molecule has 0 spiro atoms. The molecule has 0 aliphatic rings. The molecule has 116 valence electrons. The molecule has 0 N–H and O–H groups in total. The van der Waals surface area contributed by atoms with E-state index in [-0.39, 0.29) is 0 Å². The zero-order chi connectivity index (χ0) is 16.5. The van der Waals surface area contributed by atoms with E-state index in [9.17, 15) is 0 Å². The maximum absolute atomic E-state index is 3.72. The number of hydrogen-bond donors (Lipinski definition) is 0. The topological polar surface area (TPSA) is 0 Å². The van der Waals surface area contributed by atoms with Gasteiger partial charge in [-0.05, 0) is 63.3 Å². The molecular formula is C22H28. The molecule has 2 aromatic carbocycles. The van der Waals surface area contributed by atoms with E-state index in [1.54, 1.807) is 0 Å². The molecule has 0 aromatic heterocycles. The fourth-order valence-corrected chi connectivity index (χ4v) is 2.42. The Kier molecular flexibility index (Phi) is 7.39. The zero-order valence-electron chi connectivity index (χ0n) is 14.6. The Morgan fingerprint density at radius 1 is 0.864 bits per heavy atom. The second-order valence-electron chi connectivity index (χ2n) is 5.78. The molecule has 0 unspecified atom stereocenters. The summed E-state index contributed by atoms with van der Waals surface area (Å²) in [7, 11) is 0. The lowest BCUT2D eigenvalue weighted by Crippen LogP contribution is -1.86. The van der Waals surface area contributed by atoms with Crippen molar-refractivity contribution in [3.05, 3.63) is 88.5 Å². The van der Waals surface area contributed by atoms with Crippen LogP contribution in [0.5, 0.6) is 0 Å². The van der Waals surface area contributed by atoms with Gasteiger partial charge in [0, 0.05) is 0 Å². The predicted octanol–water partition coefficient (Wildman–Crippen LogP) is 6.37. The quantitative estimate of drug-likeness (QED) is 0.577. The molecule has 0 atom stereocenters. The molecule has 0 radical (unpaired) electrons. The van der Waals surface area contributed by atoms with Crippen LogP contribution in [0.3, 0.4) is 0 Å². The Morgan fingerprint density at radius 3 is 1.95 bits per heavy atom. The minimum Gasteiger partial charge on any atom is -0.103 e. The number of benzene rings is 2. The first-order chi connectivity index (χ1) is 10.5. The highest BCUT2D eigenvalue weighted by Gasteiger charge is 1.94. The average molecular weight is 292 g/mol. The third kappa shape index (κ3) is 5.73. The van der Waals surface area contributed by atoms with E-state index in [0.717, 1.165) is 6.42 Å². The Labute approximate surface area is 136 Å². The number of allylic oxidation sites excluding steroid dienone is 2. The summed E-state index contributed by atoms with van der Waals surface area (Å²) >= 11 is 0. The molecule has 2 aromatic rings. The minimum atomic E-state index is 0.978. The van der Waals surface area contributed by atoms with E-state index in [4.69, 9.17) is 0 Å². The van der Waals surface area contributed by atoms with Crippen molar-refractivity contribution in [1.82, 2.24) is 0 Å². The summed E-state index contributed by atoms with van der Waals surface area (Å²) in [5.41, 5.74) is 8.07. The van der Waals surface area contributed by atoms with Gasteiger partial charge < -0.3 is 0 Å². The van der Waals surface area contributed by atoms with Gasteiger partial charge in [-0.25, -0.2) is 0 Å². The molecule has 0 nitrogen and oxygen atoms in total. The molecule has 0 amide bonds. The standard InChI is InChI=1S/2C11H14/c2*1-4-5-11-7-6-9(2)8-10(11)3/h4-8H,1-3H3;4,6-8H,1,5H2,2-3H3/b5-4+;. The Balaban J connectivity index is 0.000000220. The first-order valence-corrected chi connectivity index (χ1v) is 7.85. The van der Waals surface area contributed by atoms with E-state index < -0.39 is 0 Å². The van der Waals surface area contributed by atoms with Crippen molar-refractivity contribution in [2.75, 3.05) is 0 Å². The van der Waals surface area contributed by atoms with Crippen LogP contribution in [-0.2, 0) is 6.42 Å². The lowest BCUT2D eigenvalue weighted by Gasteiger charge is -2.02. The van der Waals surface area contributed by atoms with Crippen LogP contribution in [0, 0.1) is 27.7 Å². The highest BCUT2D eigenvalue weighted by Crippen LogP contribution is 2.12. The van der Waals surface area contributed by atoms with Gasteiger partial charge in [0.15, 0.2) is 0 Å². The van der Waals surface area contributed by atoms with Gasteiger partial charge in [0.1, 0.15) is 0 Å². The molecule has 2 rings (SSSR count). The number of hydrogen-bond acceptors (Lipinski definition) is 0. The van der Waals surface area contributed by atoms with Crippen molar-refractivity contribution in [2.24, 2.45) is 0 Å². The molecule has 0 heteroatoms. The van der Waals surface area contributed by atoms with Crippen LogP contribution < -0.4 is 0 Å². The molecule has 0 aliphatic carbocycles. The Morgan fingerprint density at radius 2 is 1.45 bits per heavy atom. The number of rotatable bonds is 3. The van der Waals surface area contributed by atoms with Crippen LogP contribution in [-0.4, -0.2) is 0 Å². The summed E-state index contributed by atoms with van der Waals surface area (Å²) in [6.07, 6.45) is 7.12. The van der Waals surface area contributed by atoms with Crippen molar-refractivity contribution >= 4 is 6.08 Å². The Hall–Kier alpha value is -2.08. The summed E-state index contributed by atoms with van der Waals surface area (Å²) in [5, 5.41) is 0. The van der Waals surface area contributed by atoms with Crippen LogP contribution in [0.25, 0.3) is 6.08 Å². The normalized spacial score (nSPS) is 10.2. The van der Waals surface area contributed by atoms with Gasteiger partial charge in [0.2, 0.25) is 0 Å². The van der Waals surface area contributed by atoms with Gasteiger partial charge in [-0.2, -0.15) is 0 Å². The van der Waals surface area contributed by atoms with Crippen molar-refractivity contribution in [2.45, 2.75) is 41.0 Å². The molecule has 0 saturated carbocycles. The maximum atomic E-state index is 3.72. The van der Waals surface area contributed by atoms with E-state index >= 15 is 0 Å². The van der Waals surface area contributed by atoms with Crippen molar-refractivity contribution in [3.8, 4) is 0 Å². The van der Waals surface area contributed by atoms with Crippen molar-refractivity contribution < 1.29 is 0 Å². The van der Waals surface area contributed by atoms with Crippen LogP contribution in [0.1, 0.15) is 40.3 Å². The van der Waals surface area contributed by atoms with Gasteiger partial charge in [-0.15, -0.1) is 6.58 Å². The lowest BCUT2D eigenvalue weighted by molar-refractivity contribution is 1.20. The molecule has 0 heterocycles. The number of aryl methyl sites for hydroxylation is 4. The largest absolute Gasteiger partial charge is 0.103 e. The zero-order valence-corrected chi connectivity index (χ0v) is 14.6. The highest BCUT2D eigenvalue weighted by molar-refractivity contribution is 5.53. The molecule has 0 aliphatic heterocycles. The molecular weight excluding hydrogens is 264 g/mol. The van der Waals surface area contributed by atoms with Crippen molar-refractivity contribution in [3.63, 3.8) is 0 Å². The third-order valence-electron chi connectivity index (χ3n) is 3.63. The second kappa shape index (κ2) is 9.04. The molecule has 0 saturated heterocycles. The minimum absolute atomic E-state index is 0.978. The maximum Gasteiger partial charge on any atom is -0.00975 e. The van der Waals surface area contributed by atoms with Gasteiger partial charge in [-0.1, -0.05) is 65.8 Å². The summed E-state index contributed by atoms with van der Waals surface area (Å²) < 4.78 is 0. The summed E-state index contributed by atoms with van der Waals surface area (Å²) in [6, 6.07) is 13.0. The summed E-state index contributed by atoms with van der Waals surface area (Å²) in [6.45, 7) is 14.3. The van der Waals surface area contributed by atoms with Crippen LogP contribution in [0.15, 0.2) is 55.1 Å². The van der Waals surface area contributed by atoms with Crippen LogP contribution in [0.2, 0.25) is 0 Å². The molecule has 0 fully saturated rings. The van der Waals surface area contributed by atoms with E-state index in [0.29, 0.717) is 0 Å². The van der Waals surface area contributed by atoms with Gasteiger partial charge in [0.25, 0.3) is 0 Å². The van der Waals surface area contributed by atoms with E-state index in [2.05, 4.69) is 82.8 Å². The predicted molar refractivity (Wildman–Crippen MR) is 100 cm³/mol. The fraction of sp³-hybridized carbons (Fsp3) is 0.273. The smallest absolute Gasteiger partial charge is 0.00975 e. The first-order valence-electron chi connectivity index (χ1n) is 7.85. The molecule has 0 bridgehead atoms. The third-order valence-corrected chi connectivity index (χ3v) is 3.63. The van der Waals surface area contributed by atoms with Gasteiger partial charge >= 0.3 is 0 Å².